The van der Waals surface area contributed by atoms with Crippen molar-refractivity contribution in [3.63, 3.8) is 0 Å². The van der Waals surface area contributed by atoms with Crippen LogP contribution in [-0.4, -0.2) is 18.5 Å². The number of esters is 1. The van der Waals surface area contributed by atoms with Gasteiger partial charge in [-0.3, -0.25) is 4.79 Å². The summed E-state index contributed by atoms with van der Waals surface area (Å²) in [5, 5.41) is 0. The van der Waals surface area contributed by atoms with Gasteiger partial charge in [0.15, 0.2) is 0 Å². The Balaban J connectivity index is 2.33. The summed E-state index contributed by atoms with van der Waals surface area (Å²) in [4.78, 5) is 10.5. The van der Waals surface area contributed by atoms with Gasteiger partial charge < -0.3 is 4.74 Å². The van der Waals surface area contributed by atoms with Crippen molar-refractivity contribution in [2.45, 2.75) is 19.3 Å². The van der Waals surface area contributed by atoms with E-state index in [1.807, 2.05) is 0 Å². The Kier molecular flexibility index (Phi) is 1.62. The third kappa shape index (κ3) is 1.25. The summed E-state index contributed by atoms with van der Waals surface area (Å²) in [5.41, 5.74) is 0. The van der Waals surface area contributed by atoms with Crippen molar-refractivity contribution < 1.29 is 18.3 Å². The fraction of sp³-hybridized carbons (Fsp3) is 0.833. The van der Waals surface area contributed by atoms with Crippen molar-refractivity contribution in [1.82, 2.24) is 0 Å². The van der Waals surface area contributed by atoms with Crippen molar-refractivity contribution in [3.8, 4) is 0 Å². The molecule has 0 amide bonds. The Hall–Kier alpha value is -0.670. The number of alkyl halides is 2. The van der Waals surface area contributed by atoms with E-state index in [9.17, 15) is 13.6 Å². The highest BCUT2D eigenvalue weighted by molar-refractivity contribution is 5.77. The lowest BCUT2D eigenvalue weighted by Crippen LogP contribution is -2.11. The second-order valence-corrected chi connectivity index (χ2v) is 2.27. The first kappa shape index (κ1) is 7.44. The average Bonchev–Trinajstić information content (AvgIpc) is 2.41. The first-order valence-corrected chi connectivity index (χ1v) is 3.12. The maximum Gasteiger partial charge on any atom is 0.315 e. The molecule has 1 rings (SSSR count). The fourth-order valence-electron chi connectivity index (χ4n) is 0.712. The molecule has 0 radical (unpaired) electrons. The van der Waals surface area contributed by atoms with Gasteiger partial charge in [-0.05, 0) is 6.92 Å². The molecule has 0 aromatic carbocycles. The summed E-state index contributed by atoms with van der Waals surface area (Å²) in [7, 11) is 0. The normalized spacial score (nSPS) is 27.7. The molecule has 0 saturated heterocycles. The van der Waals surface area contributed by atoms with E-state index < -0.39 is 17.8 Å². The summed E-state index contributed by atoms with van der Waals surface area (Å²) >= 11 is 0. The van der Waals surface area contributed by atoms with Crippen molar-refractivity contribution in [1.29, 1.82) is 0 Å². The van der Waals surface area contributed by atoms with E-state index >= 15 is 0 Å². The van der Waals surface area contributed by atoms with Gasteiger partial charge in [0.25, 0.3) is 5.92 Å². The van der Waals surface area contributed by atoms with Crippen LogP contribution in [0.1, 0.15) is 13.3 Å². The first-order chi connectivity index (χ1) is 4.58. The van der Waals surface area contributed by atoms with Crippen LogP contribution < -0.4 is 0 Å². The van der Waals surface area contributed by atoms with Crippen LogP contribution in [0.5, 0.6) is 0 Å². The zero-order valence-electron chi connectivity index (χ0n) is 5.56. The van der Waals surface area contributed by atoms with Gasteiger partial charge in [-0.25, -0.2) is 8.78 Å². The molecule has 2 nitrogen and oxygen atoms in total. The third-order valence-electron chi connectivity index (χ3n) is 1.40. The van der Waals surface area contributed by atoms with Crippen LogP contribution in [0.15, 0.2) is 0 Å². The van der Waals surface area contributed by atoms with Crippen LogP contribution in [0.2, 0.25) is 0 Å². The van der Waals surface area contributed by atoms with Crippen LogP contribution in [0, 0.1) is 5.92 Å². The lowest BCUT2D eigenvalue weighted by atomic mass is 10.4. The number of hydrogen-bond donors (Lipinski definition) is 0. The molecule has 0 aliphatic heterocycles. The van der Waals surface area contributed by atoms with E-state index in [1.165, 1.54) is 0 Å². The molecule has 58 valence electrons. The van der Waals surface area contributed by atoms with Crippen LogP contribution in [0.4, 0.5) is 8.78 Å². The van der Waals surface area contributed by atoms with Crippen LogP contribution in [-0.2, 0) is 9.53 Å². The predicted octanol–water partition coefficient (Wildman–Crippen LogP) is 1.20. The smallest absolute Gasteiger partial charge is 0.315 e. The second kappa shape index (κ2) is 2.18. The van der Waals surface area contributed by atoms with Crippen molar-refractivity contribution in [2.24, 2.45) is 5.92 Å². The Labute approximate surface area is 57.2 Å². The molecule has 1 aliphatic rings. The standard InChI is InChI=1S/C6H8F2O2/c1-2-10-5(9)4-3-6(4,7)8/h4H,2-3H2,1H3/t4-/m0/s1. The molecule has 0 N–H and O–H groups in total. The van der Waals surface area contributed by atoms with Gasteiger partial charge in [0.05, 0.1) is 6.61 Å². The summed E-state index contributed by atoms with van der Waals surface area (Å²) < 4.78 is 28.5. The molecule has 1 atom stereocenters. The number of ether oxygens (including phenoxy) is 1. The van der Waals surface area contributed by atoms with Gasteiger partial charge in [-0.1, -0.05) is 0 Å². The van der Waals surface area contributed by atoms with Crippen LogP contribution in [0.25, 0.3) is 0 Å². The molecule has 1 fully saturated rings. The Morgan fingerprint density at radius 2 is 2.30 bits per heavy atom. The molecule has 0 bridgehead atoms. The van der Waals surface area contributed by atoms with Gasteiger partial charge in [0, 0.05) is 6.42 Å². The van der Waals surface area contributed by atoms with Crippen LogP contribution >= 0.6 is 0 Å². The molecule has 0 spiro atoms. The summed E-state index contributed by atoms with van der Waals surface area (Å²) in [6.45, 7) is 1.77. The molecular weight excluding hydrogens is 142 g/mol. The van der Waals surface area contributed by atoms with E-state index in [4.69, 9.17) is 0 Å². The minimum absolute atomic E-state index is 0.172. The molecule has 1 aliphatic carbocycles. The molecule has 10 heavy (non-hydrogen) atoms. The second-order valence-electron chi connectivity index (χ2n) is 2.27. The van der Waals surface area contributed by atoms with E-state index in [0.29, 0.717) is 0 Å². The topological polar surface area (TPSA) is 26.3 Å². The van der Waals surface area contributed by atoms with Crippen molar-refractivity contribution in [2.75, 3.05) is 6.61 Å². The Morgan fingerprint density at radius 1 is 1.80 bits per heavy atom. The Bertz CT molecular complexity index is 156. The maximum atomic E-state index is 12.1. The molecule has 0 heterocycles. The van der Waals surface area contributed by atoms with Crippen molar-refractivity contribution >= 4 is 5.97 Å². The van der Waals surface area contributed by atoms with Gasteiger partial charge in [0.1, 0.15) is 5.92 Å². The number of hydrogen-bond acceptors (Lipinski definition) is 2. The lowest BCUT2D eigenvalue weighted by molar-refractivity contribution is -0.147. The van der Waals surface area contributed by atoms with Crippen molar-refractivity contribution in [3.05, 3.63) is 0 Å². The molecule has 4 heteroatoms. The van der Waals surface area contributed by atoms with Crippen LogP contribution in [0.3, 0.4) is 0 Å². The zero-order chi connectivity index (χ0) is 7.78. The number of rotatable bonds is 2. The summed E-state index contributed by atoms with van der Waals surface area (Å²) in [6.07, 6.45) is -0.341. The monoisotopic (exact) mass is 150 g/mol. The maximum absolute atomic E-state index is 12.1. The van der Waals surface area contributed by atoms with E-state index in [2.05, 4.69) is 4.74 Å². The van der Waals surface area contributed by atoms with Gasteiger partial charge in [-0.2, -0.15) is 0 Å². The zero-order valence-corrected chi connectivity index (χ0v) is 5.56. The summed E-state index contributed by atoms with van der Waals surface area (Å²) in [5.74, 6) is -4.72. The molecular formula is C6H8F2O2. The fourth-order valence-corrected chi connectivity index (χ4v) is 0.712. The number of halogens is 2. The average molecular weight is 150 g/mol. The highest BCUT2D eigenvalue weighted by Gasteiger charge is 2.62. The van der Waals surface area contributed by atoms with Gasteiger partial charge in [-0.15, -0.1) is 0 Å². The molecule has 1 saturated carbocycles. The molecule has 0 unspecified atom stereocenters. The first-order valence-electron chi connectivity index (χ1n) is 3.12. The highest BCUT2D eigenvalue weighted by atomic mass is 19.3. The van der Waals surface area contributed by atoms with Gasteiger partial charge >= 0.3 is 5.97 Å². The Morgan fingerprint density at radius 3 is 2.60 bits per heavy atom. The number of carbonyl (C=O) groups is 1. The molecule has 0 aromatic heterocycles. The van der Waals surface area contributed by atoms with E-state index in [1.54, 1.807) is 6.92 Å². The lowest BCUT2D eigenvalue weighted by Gasteiger charge is -1.97. The van der Waals surface area contributed by atoms with Gasteiger partial charge in [0.2, 0.25) is 0 Å². The summed E-state index contributed by atoms with van der Waals surface area (Å²) in [6, 6.07) is 0. The highest BCUT2D eigenvalue weighted by Crippen LogP contribution is 2.49. The number of carbonyl (C=O) groups excluding carboxylic acids is 1. The minimum atomic E-state index is -2.79. The third-order valence-corrected chi connectivity index (χ3v) is 1.40. The molecule has 0 aromatic rings. The predicted molar refractivity (Wildman–Crippen MR) is 29.7 cm³/mol. The SMILES string of the molecule is CCOC(=O)[C@@H]1CC1(F)F. The largest absolute Gasteiger partial charge is 0.466 e. The van der Waals surface area contributed by atoms with E-state index in [0.717, 1.165) is 0 Å². The minimum Gasteiger partial charge on any atom is -0.466 e. The quantitative estimate of drug-likeness (QED) is 0.553. The van der Waals surface area contributed by atoms with E-state index in [-0.39, 0.29) is 13.0 Å².